The SMILES string of the molecule is C=CC1=C(C)c2nc1cc1[nH]c(cc3nc(cc4[nH]c(c(C=C)c4C)c2C(=O)[C@H](CC(=O)O)NC(=O)[C@@H](N)CC(=O)O)C(C)=C3CCC(=O)O)c(CCC(=O)O)c1C. The van der Waals surface area contributed by atoms with Crippen molar-refractivity contribution >= 4 is 86.0 Å². The van der Waals surface area contributed by atoms with Gasteiger partial charge in [0.25, 0.3) is 0 Å². The zero-order valence-corrected chi connectivity index (χ0v) is 32.4. The molecule has 16 heteroatoms. The van der Waals surface area contributed by atoms with E-state index in [2.05, 4.69) is 28.4 Å². The molecule has 0 saturated heterocycles. The Labute approximate surface area is 331 Å². The average Bonchev–Trinajstić information content (AvgIpc) is 3.81. The second kappa shape index (κ2) is 17.1. The lowest BCUT2D eigenvalue weighted by molar-refractivity contribution is -0.140. The maximum atomic E-state index is 14.9. The number of fused-ring (bicyclic) bond motifs is 8. The summed E-state index contributed by atoms with van der Waals surface area (Å²) in [6.07, 6.45) is 1.33. The van der Waals surface area contributed by atoms with Gasteiger partial charge in [0.2, 0.25) is 5.91 Å². The highest BCUT2D eigenvalue weighted by atomic mass is 16.4. The molecule has 9 N–H and O–H groups in total. The van der Waals surface area contributed by atoms with E-state index in [-0.39, 0.29) is 42.5 Å². The van der Waals surface area contributed by atoms with Gasteiger partial charge in [-0.25, -0.2) is 9.97 Å². The van der Waals surface area contributed by atoms with Crippen LogP contribution in [-0.4, -0.2) is 88.0 Å². The van der Waals surface area contributed by atoms with E-state index in [4.69, 9.17) is 15.7 Å². The highest BCUT2D eigenvalue weighted by molar-refractivity contribution is 6.15. The number of nitrogens with zero attached hydrogens (tertiary/aromatic N) is 2. The average molecular weight is 793 g/mol. The number of allylic oxidation sites excluding steroid dienone is 5. The highest BCUT2D eigenvalue weighted by Crippen LogP contribution is 2.38. The number of ketones is 1. The van der Waals surface area contributed by atoms with Crippen LogP contribution in [0.5, 0.6) is 0 Å². The summed E-state index contributed by atoms with van der Waals surface area (Å²) >= 11 is 0. The normalized spacial score (nSPS) is 13.5. The van der Waals surface area contributed by atoms with Crippen molar-refractivity contribution in [2.24, 2.45) is 5.73 Å². The smallest absolute Gasteiger partial charge is 0.305 e. The van der Waals surface area contributed by atoms with Crippen molar-refractivity contribution in [2.45, 2.75) is 78.3 Å². The third kappa shape index (κ3) is 8.56. The molecule has 0 saturated carbocycles. The number of H-pyrrole nitrogens is 2. The van der Waals surface area contributed by atoms with Crippen molar-refractivity contribution in [3.63, 3.8) is 0 Å². The summed E-state index contributed by atoms with van der Waals surface area (Å²) in [5.74, 6) is -6.74. The number of carboxylic acids is 4. The molecule has 3 aromatic rings. The van der Waals surface area contributed by atoms with E-state index in [0.29, 0.717) is 78.2 Å². The number of carbonyl (C=O) groups is 6. The second-order valence-electron chi connectivity index (χ2n) is 14.1. The zero-order valence-electron chi connectivity index (χ0n) is 32.4. The molecule has 5 rings (SSSR count). The molecular formula is C42H44N6O10. The number of aromatic amines is 2. The number of amides is 1. The minimum atomic E-state index is -1.73. The number of rotatable bonds is 16. The van der Waals surface area contributed by atoms with Crippen molar-refractivity contribution in [3.8, 4) is 0 Å². The molecule has 3 aromatic heterocycles. The van der Waals surface area contributed by atoms with Gasteiger partial charge in [0.05, 0.1) is 52.7 Å². The molecule has 2 aliphatic rings. The Hall–Kier alpha value is -6.94. The quantitative estimate of drug-likeness (QED) is 0.0839. The predicted octanol–water partition coefficient (Wildman–Crippen LogP) is 5.45. The lowest BCUT2D eigenvalue weighted by Crippen LogP contribution is -2.50. The van der Waals surface area contributed by atoms with Crippen LogP contribution in [-0.2, 0) is 30.4 Å². The third-order valence-corrected chi connectivity index (χ3v) is 10.3. The summed E-state index contributed by atoms with van der Waals surface area (Å²) in [7, 11) is 0. The number of nitrogens with two attached hydrogens (primary N) is 1. The highest BCUT2D eigenvalue weighted by Gasteiger charge is 2.33. The summed E-state index contributed by atoms with van der Waals surface area (Å²) in [4.78, 5) is 91.5. The molecule has 0 spiro atoms. The molecule has 0 aliphatic carbocycles. The van der Waals surface area contributed by atoms with E-state index in [1.165, 1.54) is 6.08 Å². The lowest BCUT2D eigenvalue weighted by Gasteiger charge is -2.19. The number of aromatic nitrogens is 4. The fourth-order valence-electron chi connectivity index (χ4n) is 7.24. The molecule has 0 aromatic carbocycles. The van der Waals surface area contributed by atoms with E-state index >= 15 is 0 Å². The first-order valence-electron chi connectivity index (χ1n) is 18.3. The molecule has 2 aliphatic heterocycles. The number of carboxylic acid groups (broad SMARTS) is 4. The van der Waals surface area contributed by atoms with E-state index in [0.717, 1.165) is 0 Å². The molecule has 58 heavy (non-hydrogen) atoms. The summed E-state index contributed by atoms with van der Waals surface area (Å²) in [5.41, 5.74) is 13.7. The van der Waals surface area contributed by atoms with Gasteiger partial charge in [0.15, 0.2) is 5.78 Å². The second-order valence-corrected chi connectivity index (χ2v) is 14.1. The lowest BCUT2D eigenvalue weighted by atomic mass is 9.94. The van der Waals surface area contributed by atoms with Crippen molar-refractivity contribution < 1.29 is 49.2 Å². The van der Waals surface area contributed by atoms with Gasteiger partial charge in [-0.15, -0.1) is 0 Å². The molecular weight excluding hydrogens is 748 g/mol. The fraction of sp³-hybridized carbons (Fsp3) is 0.286. The van der Waals surface area contributed by atoms with Gasteiger partial charge < -0.3 is 41.4 Å². The van der Waals surface area contributed by atoms with E-state index in [1.807, 2.05) is 13.8 Å². The molecule has 2 atom stereocenters. The Balaban J connectivity index is 1.98. The van der Waals surface area contributed by atoms with E-state index in [9.17, 15) is 49.2 Å². The standard InChI is InChI=1S/C42H44N6O10/c1-7-22-21(6)39-38(41(57)33(17-37(55)56)48-42(58)26(43)13-36(53)54)40-23(8-2)18(3)29(46-40)14-27-19(4)24(9-11-34(49)50)31(44-27)16-32-25(10-12-35(51)52)20(5)28(45-32)15-30(22)47-39/h7-8,14-16,26,33,45-46H,1-2,9-13,17,43H2,3-6H3,(H,48,58)(H,49,50)(H,51,52)(H,53,54)(H,55,56)/t26-,33-/m0/s1. The first-order chi connectivity index (χ1) is 27.4. The molecule has 5 heterocycles. The molecule has 8 bridgehead atoms. The zero-order chi connectivity index (χ0) is 42.7. The van der Waals surface area contributed by atoms with Crippen LogP contribution >= 0.6 is 0 Å². The minimum Gasteiger partial charge on any atom is -0.481 e. The van der Waals surface area contributed by atoms with Crippen LogP contribution in [0.15, 0.2) is 37.4 Å². The predicted molar refractivity (Wildman–Crippen MR) is 217 cm³/mol. The Morgan fingerprint density at radius 1 is 0.741 bits per heavy atom. The molecule has 0 radical (unpaired) electrons. The van der Waals surface area contributed by atoms with Crippen LogP contribution in [0.3, 0.4) is 0 Å². The molecule has 0 unspecified atom stereocenters. The van der Waals surface area contributed by atoms with Gasteiger partial charge in [-0.1, -0.05) is 25.3 Å². The maximum absolute atomic E-state index is 14.9. The van der Waals surface area contributed by atoms with Gasteiger partial charge in [-0.05, 0) is 92.1 Å². The van der Waals surface area contributed by atoms with E-state index < -0.39 is 60.5 Å². The van der Waals surface area contributed by atoms with E-state index in [1.54, 1.807) is 38.1 Å². The number of hydrogen-bond acceptors (Lipinski definition) is 9. The first kappa shape index (κ1) is 42.2. The Bertz CT molecular complexity index is 2560. The maximum Gasteiger partial charge on any atom is 0.305 e. The summed E-state index contributed by atoms with van der Waals surface area (Å²) in [6.45, 7) is 15.1. The van der Waals surface area contributed by atoms with Crippen LogP contribution in [0.1, 0.15) is 101 Å². The van der Waals surface area contributed by atoms with Crippen LogP contribution in [0, 0.1) is 13.8 Å². The Kier molecular flexibility index (Phi) is 12.4. The van der Waals surface area contributed by atoms with Gasteiger partial charge in [-0.2, -0.15) is 0 Å². The fourth-order valence-corrected chi connectivity index (χ4v) is 7.24. The number of aliphatic carboxylic acids is 4. The first-order valence-corrected chi connectivity index (χ1v) is 18.3. The van der Waals surface area contributed by atoms with Crippen LogP contribution in [0.25, 0.3) is 50.4 Å². The largest absolute Gasteiger partial charge is 0.481 e. The van der Waals surface area contributed by atoms with Gasteiger partial charge in [0, 0.05) is 40.5 Å². The van der Waals surface area contributed by atoms with Crippen molar-refractivity contribution in [2.75, 3.05) is 0 Å². The molecule has 0 fully saturated rings. The minimum absolute atomic E-state index is 0.113. The van der Waals surface area contributed by atoms with Gasteiger partial charge in [-0.3, -0.25) is 28.8 Å². The van der Waals surface area contributed by atoms with Gasteiger partial charge in [0.1, 0.15) is 6.04 Å². The summed E-state index contributed by atoms with van der Waals surface area (Å²) < 4.78 is 0. The number of aryl methyl sites for hydroxylation is 3. The number of carbonyl (C=O) groups excluding carboxylic acids is 2. The van der Waals surface area contributed by atoms with Crippen LogP contribution in [0.2, 0.25) is 0 Å². The van der Waals surface area contributed by atoms with Gasteiger partial charge >= 0.3 is 23.9 Å². The summed E-state index contributed by atoms with van der Waals surface area (Å²) in [6, 6.07) is 1.91. The number of nitrogens with one attached hydrogen (secondary N) is 3. The van der Waals surface area contributed by atoms with Crippen molar-refractivity contribution in [1.82, 2.24) is 25.3 Å². The number of hydrogen-bond donors (Lipinski definition) is 8. The molecule has 16 nitrogen and oxygen atoms in total. The number of Topliss-reactive ketones (excluding diaryl/α,β-unsaturated/α-hetero) is 1. The Morgan fingerprint density at radius 3 is 1.95 bits per heavy atom. The van der Waals surface area contributed by atoms with Crippen LogP contribution < -0.4 is 11.1 Å². The van der Waals surface area contributed by atoms with Crippen molar-refractivity contribution in [1.29, 1.82) is 0 Å². The molecule has 302 valence electrons. The molecule has 1 amide bonds. The third-order valence-electron chi connectivity index (χ3n) is 10.3. The summed E-state index contributed by atoms with van der Waals surface area (Å²) in [5, 5.41) is 40.7. The van der Waals surface area contributed by atoms with Crippen LogP contribution in [0.4, 0.5) is 0 Å². The monoisotopic (exact) mass is 792 g/mol. The topological polar surface area (TPSA) is 279 Å². The Morgan fingerprint density at radius 2 is 1.34 bits per heavy atom. The van der Waals surface area contributed by atoms with Crippen molar-refractivity contribution in [3.05, 3.63) is 88.0 Å².